The summed E-state index contributed by atoms with van der Waals surface area (Å²) in [6.45, 7) is 1.51. The molecule has 0 unspecified atom stereocenters. The molecule has 1 fully saturated rings. The highest BCUT2D eigenvalue weighted by Crippen LogP contribution is 2.19. The molecule has 2 heterocycles. The third-order valence-electron chi connectivity index (χ3n) is 4.34. The Labute approximate surface area is 133 Å². The van der Waals surface area contributed by atoms with Crippen molar-refractivity contribution in [2.45, 2.75) is 31.5 Å². The number of hydrogen-bond donors (Lipinski definition) is 1. The van der Waals surface area contributed by atoms with E-state index in [0.29, 0.717) is 38.1 Å². The van der Waals surface area contributed by atoms with Gasteiger partial charge in [0.2, 0.25) is 0 Å². The first kappa shape index (κ1) is 15.8. The normalized spacial score (nSPS) is 22.3. The van der Waals surface area contributed by atoms with Crippen LogP contribution >= 0.6 is 0 Å². The minimum absolute atomic E-state index is 0.354. The van der Waals surface area contributed by atoms with Crippen molar-refractivity contribution in [3.63, 3.8) is 0 Å². The number of para-hydroxylation sites is 2. The predicted octanol–water partition coefficient (Wildman–Crippen LogP) is 0.593. The Hall–Kier alpha value is -2.12. The summed E-state index contributed by atoms with van der Waals surface area (Å²) in [7, 11) is 1.34. The number of fused-ring (bicyclic) bond motifs is 1. The van der Waals surface area contributed by atoms with Gasteiger partial charge in [0.05, 0.1) is 18.7 Å². The second-order valence-electron chi connectivity index (χ2n) is 5.74. The highest BCUT2D eigenvalue weighted by atomic mass is 16.5. The molecule has 0 radical (unpaired) electrons. The number of likely N-dealkylation sites (tertiary alicyclic amines) is 1. The number of benzene rings is 1. The van der Waals surface area contributed by atoms with Gasteiger partial charge in [-0.3, -0.25) is 14.3 Å². The van der Waals surface area contributed by atoms with Crippen LogP contribution in [0.3, 0.4) is 0 Å². The van der Waals surface area contributed by atoms with E-state index in [1.807, 2.05) is 23.1 Å². The van der Waals surface area contributed by atoms with Crippen LogP contribution in [-0.4, -0.2) is 52.9 Å². The summed E-state index contributed by atoms with van der Waals surface area (Å²) in [6, 6.07) is 6.77. The quantitative estimate of drug-likeness (QED) is 0.830. The smallest absolute Gasteiger partial charge is 0.419 e. The molecule has 7 nitrogen and oxygen atoms in total. The Morgan fingerprint density at radius 1 is 1.39 bits per heavy atom. The second kappa shape index (κ2) is 6.55. The largest absolute Gasteiger partial charge is 0.468 e. The number of carbonyl (C=O) groups excluding carboxylic acids is 1. The van der Waals surface area contributed by atoms with E-state index < -0.39 is 17.9 Å². The number of carbonyl (C=O) groups is 1. The van der Waals surface area contributed by atoms with E-state index in [1.54, 1.807) is 10.6 Å². The molecular weight excluding hydrogens is 300 g/mol. The standard InChI is InChI=1S/C16H20N2O5/c1-22-15(20)13-10-11(19)6-7-17(13)8-9-18-12-4-2-3-5-14(12)23-16(18)21/h2-5,11,13,19H,6-10H2,1H3/t11-,13+/m1/s1. The van der Waals surface area contributed by atoms with Crippen molar-refractivity contribution in [2.24, 2.45) is 0 Å². The maximum atomic E-state index is 12.0. The van der Waals surface area contributed by atoms with Crippen molar-refractivity contribution in [1.82, 2.24) is 9.47 Å². The first-order valence-corrected chi connectivity index (χ1v) is 7.68. The molecule has 0 amide bonds. The van der Waals surface area contributed by atoms with E-state index in [0.717, 1.165) is 5.52 Å². The van der Waals surface area contributed by atoms with Gasteiger partial charge in [0.25, 0.3) is 0 Å². The molecule has 1 saturated heterocycles. The van der Waals surface area contributed by atoms with Crippen LogP contribution < -0.4 is 5.76 Å². The zero-order valence-corrected chi connectivity index (χ0v) is 13.0. The molecule has 2 aromatic rings. The van der Waals surface area contributed by atoms with Crippen LogP contribution in [-0.2, 0) is 16.1 Å². The van der Waals surface area contributed by atoms with Gasteiger partial charge in [-0.15, -0.1) is 0 Å². The molecule has 1 aliphatic heterocycles. The van der Waals surface area contributed by atoms with Crippen LogP contribution in [0.25, 0.3) is 11.1 Å². The Morgan fingerprint density at radius 2 is 2.17 bits per heavy atom. The SMILES string of the molecule is COC(=O)[C@@H]1C[C@H](O)CCN1CCn1c(=O)oc2ccccc21. The summed E-state index contributed by atoms with van der Waals surface area (Å²) < 4.78 is 11.6. The molecule has 0 saturated carbocycles. The Morgan fingerprint density at radius 3 is 2.96 bits per heavy atom. The summed E-state index contributed by atoms with van der Waals surface area (Å²) >= 11 is 0. The van der Waals surface area contributed by atoms with E-state index in [9.17, 15) is 14.7 Å². The number of nitrogens with zero attached hydrogens (tertiary/aromatic N) is 2. The molecule has 2 atom stereocenters. The zero-order valence-electron chi connectivity index (χ0n) is 13.0. The Balaban J connectivity index is 1.76. The first-order valence-electron chi connectivity index (χ1n) is 7.68. The van der Waals surface area contributed by atoms with Crippen molar-refractivity contribution in [3.05, 3.63) is 34.8 Å². The lowest BCUT2D eigenvalue weighted by Gasteiger charge is -2.35. The van der Waals surface area contributed by atoms with Gasteiger partial charge in [-0.05, 0) is 25.0 Å². The average Bonchev–Trinajstić information content (AvgIpc) is 2.88. The third-order valence-corrected chi connectivity index (χ3v) is 4.34. The van der Waals surface area contributed by atoms with Gasteiger partial charge in [-0.1, -0.05) is 12.1 Å². The zero-order chi connectivity index (χ0) is 16.4. The second-order valence-corrected chi connectivity index (χ2v) is 5.74. The lowest BCUT2D eigenvalue weighted by Crippen LogP contribution is -2.50. The van der Waals surface area contributed by atoms with Crippen molar-refractivity contribution < 1.29 is 19.1 Å². The number of hydrogen-bond acceptors (Lipinski definition) is 6. The van der Waals surface area contributed by atoms with Crippen LogP contribution in [0.5, 0.6) is 0 Å². The minimum atomic E-state index is -0.493. The van der Waals surface area contributed by atoms with Crippen LogP contribution in [0.4, 0.5) is 0 Å². The van der Waals surface area contributed by atoms with Crippen molar-refractivity contribution in [2.75, 3.05) is 20.2 Å². The maximum Gasteiger partial charge on any atom is 0.419 e. The number of aromatic nitrogens is 1. The number of rotatable bonds is 4. The Bertz CT molecular complexity index is 750. The molecule has 1 aliphatic rings. The third kappa shape index (κ3) is 3.16. The molecule has 7 heteroatoms. The summed E-state index contributed by atoms with van der Waals surface area (Å²) in [6.07, 6.45) is 0.468. The molecule has 0 aliphatic carbocycles. The van der Waals surface area contributed by atoms with Gasteiger partial charge < -0.3 is 14.3 Å². The highest BCUT2D eigenvalue weighted by molar-refractivity contribution is 5.76. The van der Waals surface area contributed by atoms with Gasteiger partial charge in [-0.25, -0.2) is 4.79 Å². The molecule has 23 heavy (non-hydrogen) atoms. The van der Waals surface area contributed by atoms with Crippen LogP contribution in [0.15, 0.2) is 33.5 Å². The van der Waals surface area contributed by atoms with E-state index >= 15 is 0 Å². The number of esters is 1. The molecule has 1 N–H and O–H groups in total. The van der Waals surface area contributed by atoms with E-state index in [-0.39, 0.29) is 5.97 Å². The van der Waals surface area contributed by atoms with Gasteiger partial charge in [0.15, 0.2) is 5.58 Å². The van der Waals surface area contributed by atoms with Gasteiger partial charge in [-0.2, -0.15) is 0 Å². The number of piperidine rings is 1. The number of aliphatic hydroxyl groups is 1. The minimum Gasteiger partial charge on any atom is -0.468 e. The molecule has 0 spiro atoms. The van der Waals surface area contributed by atoms with E-state index in [1.165, 1.54) is 7.11 Å². The number of ether oxygens (including phenoxy) is 1. The number of methoxy groups -OCH3 is 1. The summed E-state index contributed by atoms with van der Waals surface area (Å²) in [5.74, 6) is -0.758. The van der Waals surface area contributed by atoms with Crippen LogP contribution in [0.1, 0.15) is 12.8 Å². The van der Waals surface area contributed by atoms with Crippen molar-refractivity contribution >= 4 is 17.1 Å². The fourth-order valence-electron chi connectivity index (χ4n) is 3.10. The summed E-state index contributed by atoms with van der Waals surface area (Å²) in [5, 5.41) is 9.77. The highest BCUT2D eigenvalue weighted by Gasteiger charge is 2.33. The van der Waals surface area contributed by atoms with Gasteiger partial charge >= 0.3 is 11.7 Å². The lowest BCUT2D eigenvalue weighted by atomic mass is 9.99. The monoisotopic (exact) mass is 320 g/mol. The fraction of sp³-hybridized carbons (Fsp3) is 0.500. The topological polar surface area (TPSA) is 84.9 Å². The first-order chi connectivity index (χ1) is 11.1. The predicted molar refractivity (Wildman–Crippen MR) is 83.1 cm³/mol. The van der Waals surface area contributed by atoms with E-state index in [4.69, 9.17) is 9.15 Å². The maximum absolute atomic E-state index is 12.0. The van der Waals surface area contributed by atoms with Crippen molar-refractivity contribution in [3.8, 4) is 0 Å². The molecule has 124 valence electrons. The van der Waals surface area contributed by atoms with Gasteiger partial charge in [0, 0.05) is 19.6 Å². The average molecular weight is 320 g/mol. The van der Waals surface area contributed by atoms with Crippen LogP contribution in [0.2, 0.25) is 0 Å². The molecular formula is C16H20N2O5. The molecule has 0 bridgehead atoms. The summed E-state index contributed by atoms with van der Waals surface area (Å²) in [5.41, 5.74) is 1.29. The van der Waals surface area contributed by atoms with Crippen molar-refractivity contribution in [1.29, 1.82) is 0 Å². The lowest BCUT2D eigenvalue weighted by molar-refractivity contribution is -0.150. The van der Waals surface area contributed by atoms with Crippen LogP contribution in [0, 0.1) is 0 Å². The summed E-state index contributed by atoms with van der Waals surface area (Å²) in [4.78, 5) is 25.8. The fourth-order valence-corrected chi connectivity index (χ4v) is 3.10. The molecule has 1 aromatic heterocycles. The number of oxazole rings is 1. The Kier molecular flexibility index (Phi) is 4.49. The molecule has 1 aromatic carbocycles. The number of aliphatic hydroxyl groups excluding tert-OH is 1. The van der Waals surface area contributed by atoms with E-state index in [2.05, 4.69) is 0 Å². The molecule has 3 rings (SSSR count). The van der Waals surface area contributed by atoms with Gasteiger partial charge in [0.1, 0.15) is 6.04 Å².